The highest BCUT2D eigenvalue weighted by molar-refractivity contribution is 5.69. The number of likely N-dealkylation sites (tertiary alicyclic amines) is 1. The van der Waals surface area contributed by atoms with E-state index in [4.69, 9.17) is 4.74 Å². The van der Waals surface area contributed by atoms with Crippen LogP contribution in [0.15, 0.2) is 30.3 Å². The Labute approximate surface area is 109 Å². The van der Waals surface area contributed by atoms with Gasteiger partial charge in [-0.25, -0.2) is 0 Å². The van der Waals surface area contributed by atoms with Gasteiger partial charge in [0.1, 0.15) is 0 Å². The number of nitrogens with zero attached hydrogens (tertiary/aromatic N) is 1. The molecule has 3 heteroatoms. The summed E-state index contributed by atoms with van der Waals surface area (Å²) in [6, 6.07) is 10.8. The van der Waals surface area contributed by atoms with Gasteiger partial charge in [-0.3, -0.25) is 9.69 Å². The van der Waals surface area contributed by atoms with E-state index in [-0.39, 0.29) is 5.97 Å². The average molecular weight is 247 g/mol. The molecular formula is C15H21NO2. The first-order chi connectivity index (χ1) is 8.79. The Balaban J connectivity index is 1.97. The second kappa shape index (κ2) is 6.55. The van der Waals surface area contributed by atoms with Crippen LogP contribution in [-0.4, -0.2) is 30.6 Å². The van der Waals surface area contributed by atoms with Crippen LogP contribution in [0.2, 0.25) is 0 Å². The van der Waals surface area contributed by atoms with Crippen LogP contribution in [0.3, 0.4) is 0 Å². The van der Waals surface area contributed by atoms with Gasteiger partial charge in [0.05, 0.1) is 13.5 Å². The average Bonchev–Trinajstić information content (AvgIpc) is 2.42. The molecule has 2 rings (SSSR count). The zero-order valence-electron chi connectivity index (χ0n) is 11.0. The zero-order valence-corrected chi connectivity index (χ0v) is 11.0. The van der Waals surface area contributed by atoms with Crippen LogP contribution in [0.5, 0.6) is 0 Å². The van der Waals surface area contributed by atoms with E-state index in [1.165, 1.54) is 25.5 Å². The van der Waals surface area contributed by atoms with Gasteiger partial charge in [-0.2, -0.15) is 0 Å². The van der Waals surface area contributed by atoms with Crippen LogP contribution in [0.4, 0.5) is 0 Å². The van der Waals surface area contributed by atoms with E-state index < -0.39 is 0 Å². The highest BCUT2D eigenvalue weighted by Crippen LogP contribution is 2.22. The molecule has 1 aromatic carbocycles. The zero-order chi connectivity index (χ0) is 12.8. The van der Waals surface area contributed by atoms with Gasteiger partial charge in [-0.15, -0.1) is 0 Å². The van der Waals surface area contributed by atoms with Crippen molar-refractivity contribution in [2.75, 3.05) is 13.7 Å². The van der Waals surface area contributed by atoms with Crippen molar-refractivity contribution >= 4 is 5.97 Å². The summed E-state index contributed by atoms with van der Waals surface area (Å²) in [6.07, 6.45) is 4.06. The third-order valence-electron chi connectivity index (χ3n) is 3.61. The second-order valence-electron chi connectivity index (χ2n) is 4.89. The molecule has 0 bridgehead atoms. The van der Waals surface area contributed by atoms with Gasteiger partial charge in [0, 0.05) is 12.6 Å². The Morgan fingerprint density at radius 1 is 1.33 bits per heavy atom. The van der Waals surface area contributed by atoms with Crippen LogP contribution in [0, 0.1) is 0 Å². The van der Waals surface area contributed by atoms with Crippen LogP contribution in [-0.2, 0) is 16.1 Å². The summed E-state index contributed by atoms with van der Waals surface area (Å²) in [4.78, 5) is 13.8. The van der Waals surface area contributed by atoms with Crippen molar-refractivity contribution in [3.8, 4) is 0 Å². The SMILES string of the molecule is COC(=O)C[C@H]1CCCCN1Cc1ccccc1. The Bertz CT molecular complexity index is 377. The summed E-state index contributed by atoms with van der Waals surface area (Å²) in [5.74, 6) is -0.0973. The van der Waals surface area contributed by atoms with Crippen molar-refractivity contribution in [2.24, 2.45) is 0 Å². The van der Waals surface area contributed by atoms with Crippen molar-refractivity contribution in [3.63, 3.8) is 0 Å². The fourth-order valence-electron chi connectivity index (χ4n) is 2.59. The van der Waals surface area contributed by atoms with Gasteiger partial charge in [0.2, 0.25) is 0 Å². The summed E-state index contributed by atoms with van der Waals surface area (Å²) in [5, 5.41) is 0. The summed E-state index contributed by atoms with van der Waals surface area (Å²) in [6.45, 7) is 2.01. The summed E-state index contributed by atoms with van der Waals surface area (Å²) in [7, 11) is 1.46. The predicted octanol–water partition coefficient (Wildman–Crippen LogP) is 2.60. The minimum Gasteiger partial charge on any atom is -0.469 e. The molecule has 1 saturated heterocycles. The molecule has 0 radical (unpaired) electrons. The smallest absolute Gasteiger partial charge is 0.307 e. The third-order valence-corrected chi connectivity index (χ3v) is 3.61. The number of hydrogen-bond donors (Lipinski definition) is 0. The first kappa shape index (κ1) is 13.1. The van der Waals surface area contributed by atoms with Gasteiger partial charge in [-0.05, 0) is 24.9 Å². The molecule has 18 heavy (non-hydrogen) atoms. The molecule has 0 spiro atoms. The number of carbonyl (C=O) groups is 1. The topological polar surface area (TPSA) is 29.5 Å². The van der Waals surface area contributed by atoms with Crippen LogP contribution in [0.1, 0.15) is 31.2 Å². The number of esters is 1. The number of rotatable bonds is 4. The summed E-state index contributed by atoms with van der Waals surface area (Å²) < 4.78 is 4.79. The molecule has 0 aromatic heterocycles. The van der Waals surface area contributed by atoms with E-state index in [9.17, 15) is 4.79 Å². The van der Waals surface area contributed by atoms with E-state index in [0.29, 0.717) is 12.5 Å². The van der Waals surface area contributed by atoms with E-state index in [2.05, 4.69) is 29.2 Å². The van der Waals surface area contributed by atoms with Crippen molar-refractivity contribution < 1.29 is 9.53 Å². The normalized spacial score (nSPS) is 20.6. The molecule has 0 amide bonds. The molecule has 3 nitrogen and oxygen atoms in total. The Hall–Kier alpha value is -1.35. The van der Waals surface area contributed by atoms with E-state index in [0.717, 1.165) is 19.5 Å². The fourth-order valence-corrected chi connectivity index (χ4v) is 2.59. The molecule has 0 unspecified atom stereocenters. The Kier molecular flexibility index (Phi) is 4.76. The number of hydrogen-bond acceptors (Lipinski definition) is 3. The maximum Gasteiger partial charge on any atom is 0.307 e. The molecule has 0 N–H and O–H groups in total. The van der Waals surface area contributed by atoms with E-state index in [1.54, 1.807) is 0 Å². The molecular weight excluding hydrogens is 226 g/mol. The minimum absolute atomic E-state index is 0.0973. The van der Waals surface area contributed by atoms with Crippen LogP contribution < -0.4 is 0 Å². The van der Waals surface area contributed by atoms with Crippen molar-refractivity contribution in [1.29, 1.82) is 0 Å². The molecule has 1 atom stereocenters. The molecule has 0 saturated carbocycles. The lowest BCUT2D eigenvalue weighted by Gasteiger charge is -2.35. The predicted molar refractivity (Wildman–Crippen MR) is 71.1 cm³/mol. The first-order valence-electron chi connectivity index (χ1n) is 6.64. The molecule has 1 aliphatic heterocycles. The monoisotopic (exact) mass is 247 g/mol. The molecule has 0 aliphatic carbocycles. The Morgan fingerprint density at radius 3 is 2.83 bits per heavy atom. The lowest BCUT2D eigenvalue weighted by molar-refractivity contribution is -0.142. The van der Waals surface area contributed by atoms with E-state index in [1.807, 2.05) is 6.07 Å². The molecule has 1 aliphatic rings. The maximum absolute atomic E-state index is 11.4. The van der Waals surface area contributed by atoms with Crippen molar-refractivity contribution in [2.45, 2.75) is 38.3 Å². The van der Waals surface area contributed by atoms with Crippen LogP contribution >= 0.6 is 0 Å². The highest BCUT2D eigenvalue weighted by Gasteiger charge is 2.24. The minimum atomic E-state index is -0.0973. The van der Waals surface area contributed by atoms with Gasteiger partial charge < -0.3 is 4.74 Å². The number of methoxy groups -OCH3 is 1. The molecule has 1 fully saturated rings. The maximum atomic E-state index is 11.4. The van der Waals surface area contributed by atoms with Gasteiger partial charge >= 0.3 is 5.97 Å². The molecule has 98 valence electrons. The number of carbonyl (C=O) groups excluding carboxylic acids is 1. The third kappa shape index (κ3) is 3.57. The van der Waals surface area contributed by atoms with Crippen molar-refractivity contribution in [1.82, 2.24) is 4.90 Å². The quantitative estimate of drug-likeness (QED) is 0.766. The summed E-state index contributed by atoms with van der Waals surface area (Å²) in [5.41, 5.74) is 1.31. The number of ether oxygens (including phenoxy) is 1. The lowest BCUT2D eigenvalue weighted by Crippen LogP contribution is -2.40. The number of benzene rings is 1. The van der Waals surface area contributed by atoms with E-state index >= 15 is 0 Å². The standard InChI is InChI=1S/C15H21NO2/c1-18-15(17)11-14-9-5-6-10-16(14)12-13-7-3-2-4-8-13/h2-4,7-8,14H,5-6,9-12H2,1H3/t14-/m1/s1. The van der Waals surface area contributed by atoms with Gasteiger partial charge in [0.15, 0.2) is 0 Å². The Morgan fingerprint density at radius 2 is 2.11 bits per heavy atom. The summed E-state index contributed by atoms with van der Waals surface area (Å²) >= 11 is 0. The second-order valence-corrected chi connectivity index (χ2v) is 4.89. The highest BCUT2D eigenvalue weighted by atomic mass is 16.5. The molecule has 1 aromatic rings. The van der Waals surface area contributed by atoms with Gasteiger partial charge in [0.25, 0.3) is 0 Å². The first-order valence-corrected chi connectivity index (χ1v) is 6.64. The largest absolute Gasteiger partial charge is 0.469 e. The molecule has 1 heterocycles. The van der Waals surface area contributed by atoms with Crippen molar-refractivity contribution in [3.05, 3.63) is 35.9 Å². The fraction of sp³-hybridized carbons (Fsp3) is 0.533. The van der Waals surface area contributed by atoms with Gasteiger partial charge in [-0.1, -0.05) is 36.8 Å². The lowest BCUT2D eigenvalue weighted by atomic mass is 9.98. The van der Waals surface area contributed by atoms with Crippen LogP contribution in [0.25, 0.3) is 0 Å². The number of piperidine rings is 1.